The van der Waals surface area contributed by atoms with Crippen LogP contribution in [0.2, 0.25) is 0 Å². The zero-order chi connectivity index (χ0) is 18.0. The van der Waals surface area contributed by atoms with Gasteiger partial charge in [-0.3, -0.25) is 0 Å². The molecular formula is C19H26N2O3. The van der Waals surface area contributed by atoms with Crippen molar-refractivity contribution < 1.29 is 14.2 Å². The van der Waals surface area contributed by atoms with Gasteiger partial charge in [0, 0.05) is 6.20 Å². The second kappa shape index (κ2) is 6.67. The number of hydrogen-bond acceptors (Lipinski definition) is 5. The third kappa shape index (κ3) is 5.11. The van der Waals surface area contributed by atoms with Gasteiger partial charge in [0.1, 0.15) is 17.0 Å². The van der Waals surface area contributed by atoms with Gasteiger partial charge in [0.15, 0.2) is 0 Å². The van der Waals surface area contributed by atoms with Crippen LogP contribution in [0.15, 0.2) is 30.5 Å². The number of nitrogens with zero attached hydrogens (tertiary/aromatic N) is 2. The summed E-state index contributed by atoms with van der Waals surface area (Å²) >= 11 is 0. The Morgan fingerprint density at radius 2 is 1.42 bits per heavy atom. The van der Waals surface area contributed by atoms with Crippen LogP contribution in [0.1, 0.15) is 41.5 Å². The van der Waals surface area contributed by atoms with E-state index in [0.717, 1.165) is 16.9 Å². The van der Waals surface area contributed by atoms with Gasteiger partial charge in [-0.1, -0.05) is 12.1 Å². The van der Waals surface area contributed by atoms with Crippen molar-refractivity contribution in [1.82, 2.24) is 9.97 Å². The summed E-state index contributed by atoms with van der Waals surface area (Å²) in [6.45, 7) is 11.8. The first-order valence-corrected chi connectivity index (χ1v) is 7.97. The van der Waals surface area contributed by atoms with Gasteiger partial charge in [-0.25, -0.2) is 4.98 Å². The Morgan fingerprint density at radius 3 is 1.92 bits per heavy atom. The van der Waals surface area contributed by atoms with Crippen LogP contribution in [-0.2, 0) is 0 Å². The smallest absolute Gasteiger partial charge is 0.320 e. The molecule has 5 heteroatoms. The normalized spacial score (nSPS) is 12.0. The van der Waals surface area contributed by atoms with Crippen molar-refractivity contribution in [1.29, 1.82) is 0 Å². The molecule has 0 aliphatic heterocycles. The molecule has 0 aliphatic carbocycles. The average molecular weight is 330 g/mol. The topological polar surface area (TPSA) is 53.5 Å². The molecule has 24 heavy (non-hydrogen) atoms. The van der Waals surface area contributed by atoms with Crippen LogP contribution in [0.3, 0.4) is 0 Å². The van der Waals surface area contributed by atoms with Crippen molar-refractivity contribution >= 4 is 0 Å². The van der Waals surface area contributed by atoms with Crippen LogP contribution in [-0.4, -0.2) is 28.3 Å². The Kier molecular flexibility index (Phi) is 5.02. The van der Waals surface area contributed by atoms with E-state index in [-0.39, 0.29) is 11.2 Å². The van der Waals surface area contributed by atoms with E-state index in [1.807, 2.05) is 65.8 Å². The largest absolute Gasteiger partial charge is 0.497 e. The van der Waals surface area contributed by atoms with Crippen molar-refractivity contribution in [3.8, 4) is 28.8 Å². The van der Waals surface area contributed by atoms with E-state index < -0.39 is 0 Å². The minimum absolute atomic E-state index is 0.305. The molecule has 0 bridgehead atoms. The molecule has 0 N–H and O–H groups in total. The Labute approximate surface area is 144 Å². The lowest BCUT2D eigenvalue weighted by Crippen LogP contribution is -2.26. The zero-order valence-corrected chi connectivity index (χ0v) is 15.5. The van der Waals surface area contributed by atoms with E-state index in [1.165, 1.54) is 0 Å². The zero-order valence-electron chi connectivity index (χ0n) is 15.5. The van der Waals surface area contributed by atoms with E-state index in [9.17, 15) is 0 Å². The van der Waals surface area contributed by atoms with Crippen molar-refractivity contribution in [3.63, 3.8) is 0 Å². The van der Waals surface area contributed by atoms with Gasteiger partial charge in [0.2, 0.25) is 5.88 Å². The van der Waals surface area contributed by atoms with E-state index in [0.29, 0.717) is 11.9 Å². The maximum absolute atomic E-state index is 6.04. The molecule has 0 amide bonds. The standard InChI is InChI=1S/C19H26N2O3/c1-18(2,3)23-16-15(13-8-10-14(22-7)11-9-13)12-20-17(21-16)24-19(4,5)6/h8-12H,1-7H3. The summed E-state index contributed by atoms with van der Waals surface area (Å²) in [5, 5.41) is 0. The third-order valence-corrected chi connectivity index (χ3v) is 2.93. The molecule has 1 aromatic heterocycles. The van der Waals surface area contributed by atoms with E-state index in [4.69, 9.17) is 14.2 Å². The number of methoxy groups -OCH3 is 1. The lowest BCUT2D eigenvalue weighted by molar-refractivity contribution is 0.103. The van der Waals surface area contributed by atoms with Gasteiger partial charge in [0.05, 0.1) is 12.7 Å². The molecule has 2 aromatic rings. The van der Waals surface area contributed by atoms with Gasteiger partial charge in [-0.05, 0) is 59.2 Å². The highest BCUT2D eigenvalue weighted by Crippen LogP contribution is 2.32. The van der Waals surface area contributed by atoms with Crippen LogP contribution < -0.4 is 14.2 Å². The summed E-state index contributed by atoms with van der Waals surface area (Å²) in [5.41, 5.74) is 1.01. The molecule has 0 radical (unpaired) electrons. The summed E-state index contributed by atoms with van der Waals surface area (Å²) < 4.78 is 17.0. The minimum atomic E-state index is -0.380. The van der Waals surface area contributed by atoms with Gasteiger partial charge in [-0.2, -0.15) is 4.98 Å². The molecule has 1 heterocycles. The van der Waals surface area contributed by atoms with Gasteiger partial charge in [-0.15, -0.1) is 0 Å². The molecule has 0 saturated heterocycles. The summed E-state index contributed by atoms with van der Waals surface area (Å²) in [5.74, 6) is 1.30. The summed E-state index contributed by atoms with van der Waals surface area (Å²) in [6.07, 6.45) is 1.73. The number of aromatic nitrogens is 2. The Morgan fingerprint density at radius 1 is 0.833 bits per heavy atom. The van der Waals surface area contributed by atoms with Crippen molar-refractivity contribution in [2.24, 2.45) is 0 Å². The molecule has 1 aromatic carbocycles. The number of benzene rings is 1. The lowest BCUT2D eigenvalue weighted by atomic mass is 10.1. The number of rotatable bonds is 4. The first-order chi connectivity index (χ1) is 11.1. The molecule has 130 valence electrons. The first-order valence-electron chi connectivity index (χ1n) is 7.97. The Bertz CT molecular complexity index is 683. The molecule has 5 nitrogen and oxygen atoms in total. The monoisotopic (exact) mass is 330 g/mol. The second-order valence-electron chi connectivity index (χ2n) is 7.53. The fourth-order valence-corrected chi connectivity index (χ4v) is 2.01. The lowest BCUT2D eigenvalue weighted by Gasteiger charge is -2.24. The number of ether oxygens (including phenoxy) is 3. The molecule has 0 atom stereocenters. The highest BCUT2D eigenvalue weighted by Gasteiger charge is 2.21. The van der Waals surface area contributed by atoms with Crippen LogP contribution in [0, 0.1) is 0 Å². The van der Waals surface area contributed by atoms with Crippen LogP contribution >= 0.6 is 0 Å². The molecular weight excluding hydrogens is 304 g/mol. The highest BCUT2D eigenvalue weighted by molar-refractivity contribution is 5.68. The first kappa shape index (κ1) is 18.0. The van der Waals surface area contributed by atoms with E-state index in [1.54, 1.807) is 13.3 Å². The highest BCUT2D eigenvalue weighted by atomic mass is 16.5. The second-order valence-corrected chi connectivity index (χ2v) is 7.53. The van der Waals surface area contributed by atoms with Crippen molar-refractivity contribution in [3.05, 3.63) is 30.5 Å². The minimum Gasteiger partial charge on any atom is -0.497 e. The van der Waals surface area contributed by atoms with Crippen molar-refractivity contribution in [2.45, 2.75) is 52.7 Å². The maximum Gasteiger partial charge on any atom is 0.320 e. The predicted molar refractivity (Wildman–Crippen MR) is 94.8 cm³/mol. The van der Waals surface area contributed by atoms with E-state index in [2.05, 4.69) is 9.97 Å². The SMILES string of the molecule is COc1ccc(-c2cnc(OC(C)(C)C)nc2OC(C)(C)C)cc1. The number of hydrogen-bond donors (Lipinski definition) is 0. The summed E-state index contributed by atoms with van der Waals surface area (Å²) in [6, 6.07) is 8.01. The average Bonchev–Trinajstić information content (AvgIpc) is 2.44. The molecule has 0 spiro atoms. The third-order valence-electron chi connectivity index (χ3n) is 2.93. The van der Waals surface area contributed by atoms with E-state index >= 15 is 0 Å². The molecule has 0 saturated carbocycles. The molecule has 2 rings (SSSR count). The fourth-order valence-electron chi connectivity index (χ4n) is 2.01. The predicted octanol–water partition coefficient (Wildman–Crippen LogP) is 4.51. The Balaban J connectivity index is 2.44. The molecule has 0 unspecified atom stereocenters. The molecule has 0 fully saturated rings. The van der Waals surface area contributed by atoms with Crippen LogP contribution in [0.5, 0.6) is 17.6 Å². The van der Waals surface area contributed by atoms with Crippen molar-refractivity contribution in [2.75, 3.05) is 7.11 Å². The van der Waals surface area contributed by atoms with Gasteiger partial charge in [0.25, 0.3) is 0 Å². The fraction of sp³-hybridized carbons (Fsp3) is 0.474. The van der Waals surface area contributed by atoms with Crippen LogP contribution in [0.4, 0.5) is 0 Å². The Hall–Kier alpha value is -2.30. The maximum atomic E-state index is 6.04. The quantitative estimate of drug-likeness (QED) is 0.826. The summed E-state index contributed by atoms with van der Waals surface area (Å²) in [7, 11) is 1.64. The summed E-state index contributed by atoms with van der Waals surface area (Å²) in [4.78, 5) is 8.80. The molecule has 0 aliphatic rings. The van der Waals surface area contributed by atoms with Gasteiger partial charge < -0.3 is 14.2 Å². The van der Waals surface area contributed by atoms with Crippen LogP contribution in [0.25, 0.3) is 11.1 Å². The van der Waals surface area contributed by atoms with Gasteiger partial charge >= 0.3 is 6.01 Å².